The molecule has 0 atom stereocenters. The maximum Gasteiger partial charge on any atom is 0.235 e. The van der Waals surface area contributed by atoms with Crippen molar-refractivity contribution in [2.75, 3.05) is 7.11 Å². The molecule has 0 aliphatic heterocycles. The second-order valence-electron chi connectivity index (χ2n) is 4.42. The Balaban J connectivity index is 2.44. The van der Waals surface area contributed by atoms with Gasteiger partial charge in [-0.3, -0.25) is 4.79 Å². The molecule has 1 aromatic heterocycles. The summed E-state index contributed by atoms with van der Waals surface area (Å²) in [6.07, 6.45) is 0. The highest BCUT2D eigenvalue weighted by Gasteiger charge is 2.18. The highest BCUT2D eigenvalue weighted by atomic mass is 35.5. The Kier molecular flexibility index (Phi) is 3.62. The third-order valence-electron chi connectivity index (χ3n) is 3.11. The molecule has 0 aliphatic carbocycles. The molecular weight excluding hydrogens is 311 g/mol. The van der Waals surface area contributed by atoms with Crippen LogP contribution in [0.15, 0.2) is 51.7 Å². The fourth-order valence-corrected chi connectivity index (χ4v) is 2.70. The average Bonchev–Trinajstić information content (AvgIpc) is 2.49. The normalized spacial score (nSPS) is 10.8. The number of hydrogen-bond acceptors (Lipinski definition) is 3. The topological polar surface area (TPSA) is 39.4 Å². The van der Waals surface area contributed by atoms with Gasteiger partial charge in [0.05, 0.1) is 17.5 Å². The van der Waals surface area contributed by atoms with Crippen LogP contribution in [-0.2, 0) is 0 Å². The van der Waals surface area contributed by atoms with E-state index in [0.717, 1.165) is 5.56 Å². The van der Waals surface area contributed by atoms with Gasteiger partial charge in [0.2, 0.25) is 11.2 Å². The quantitative estimate of drug-likeness (QED) is 0.682. The predicted octanol–water partition coefficient (Wildman–Crippen LogP) is 4.78. The average molecular weight is 321 g/mol. The third kappa shape index (κ3) is 2.39. The van der Waals surface area contributed by atoms with Crippen LogP contribution in [0.25, 0.3) is 22.3 Å². The molecule has 0 aliphatic rings. The van der Waals surface area contributed by atoms with Gasteiger partial charge in [0.1, 0.15) is 0 Å². The fourth-order valence-electron chi connectivity index (χ4n) is 2.17. The fraction of sp³-hybridized carbons (Fsp3) is 0.0625. The summed E-state index contributed by atoms with van der Waals surface area (Å²) in [7, 11) is 1.43. The molecule has 3 rings (SSSR count). The number of benzene rings is 2. The first-order chi connectivity index (χ1) is 10.1. The van der Waals surface area contributed by atoms with E-state index in [1.165, 1.54) is 19.2 Å². The number of methoxy groups -OCH3 is 1. The number of ether oxygens (including phenoxy) is 1. The van der Waals surface area contributed by atoms with Crippen LogP contribution in [0.4, 0.5) is 0 Å². The highest BCUT2D eigenvalue weighted by Crippen LogP contribution is 2.34. The molecule has 3 aromatic rings. The van der Waals surface area contributed by atoms with E-state index in [1.807, 2.05) is 30.3 Å². The molecule has 0 spiro atoms. The first kappa shape index (κ1) is 14.0. The van der Waals surface area contributed by atoms with Gasteiger partial charge in [-0.2, -0.15) is 0 Å². The van der Waals surface area contributed by atoms with E-state index in [4.69, 9.17) is 32.4 Å². The van der Waals surface area contributed by atoms with Crippen molar-refractivity contribution < 1.29 is 9.15 Å². The minimum absolute atomic E-state index is 0.132. The zero-order chi connectivity index (χ0) is 15.0. The van der Waals surface area contributed by atoms with Crippen molar-refractivity contribution in [1.82, 2.24) is 0 Å². The van der Waals surface area contributed by atoms with E-state index in [2.05, 4.69) is 0 Å². The monoisotopic (exact) mass is 320 g/mol. The van der Waals surface area contributed by atoms with E-state index in [1.54, 1.807) is 0 Å². The first-order valence-corrected chi connectivity index (χ1v) is 6.92. The summed E-state index contributed by atoms with van der Waals surface area (Å²) in [4.78, 5) is 12.6. The zero-order valence-electron chi connectivity index (χ0n) is 11.0. The van der Waals surface area contributed by atoms with Gasteiger partial charge in [0.15, 0.2) is 11.3 Å². The summed E-state index contributed by atoms with van der Waals surface area (Å²) < 4.78 is 11.0. The summed E-state index contributed by atoms with van der Waals surface area (Å²) in [6.45, 7) is 0. The Labute approximate surface area is 130 Å². The Morgan fingerprint density at radius 2 is 1.81 bits per heavy atom. The Hall–Kier alpha value is -1.97. The molecule has 0 saturated heterocycles. The van der Waals surface area contributed by atoms with Crippen LogP contribution in [0.5, 0.6) is 5.75 Å². The molecule has 0 unspecified atom stereocenters. The second-order valence-corrected chi connectivity index (χ2v) is 5.27. The number of hydrogen-bond donors (Lipinski definition) is 0. The van der Waals surface area contributed by atoms with Crippen molar-refractivity contribution in [1.29, 1.82) is 0 Å². The SMILES string of the molecule is COc1c(-c2ccccc2)oc2c(Cl)cc(Cl)cc2c1=O. The third-order valence-corrected chi connectivity index (χ3v) is 3.61. The Morgan fingerprint density at radius 3 is 2.48 bits per heavy atom. The molecule has 1 heterocycles. The molecule has 3 nitrogen and oxygen atoms in total. The number of fused-ring (bicyclic) bond motifs is 1. The number of halogens is 2. The van der Waals surface area contributed by atoms with Gasteiger partial charge in [-0.05, 0) is 12.1 Å². The van der Waals surface area contributed by atoms with Gasteiger partial charge in [-0.25, -0.2) is 0 Å². The Morgan fingerprint density at radius 1 is 1.10 bits per heavy atom. The van der Waals surface area contributed by atoms with Crippen molar-refractivity contribution in [2.24, 2.45) is 0 Å². The molecule has 0 saturated carbocycles. The minimum atomic E-state index is -0.304. The van der Waals surface area contributed by atoms with E-state index >= 15 is 0 Å². The molecule has 0 fully saturated rings. The summed E-state index contributed by atoms with van der Waals surface area (Å²) >= 11 is 12.1. The lowest BCUT2D eigenvalue weighted by Gasteiger charge is -2.10. The predicted molar refractivity (Wildman–Crippen MR) is 84.5 cm³/mol. The standard InChI is InChI=1S/C16H10Cl2O3/c1-20-16-13(19)11-7-10(17)8-12(18)15(11)21-14(16)9-5-3-2-4-6-9/h2-8H,1H3. The summed E-state index contributed by atoms with van der Waals surface area (Å²) in [5.74, 6) is 0.479. The van der Waals surface area contributed by atoms with E-state index in [-0.39, 0.29) is 16.2 Å². The van der Waals surface area contributed by atoms with Crippen molar-refractivity contribution in [3.8, 4) is 17.1 Å². The molecule has 2 aromatic carbocycles. The second kappa shape index (κ2) is 5.43. The zero-order valence-corrected chi connectivity index (χ0v) is 12.5. The summed E-state index contributed by atoms with van der Waals surface area (Å²) in [5.41, 5.74) is 0.729. The van der Waals surface area contributed by atoms with Gasteiger partial charge < -0.3 is 9.15 Å². The molecule has 0 N–H and O–H groups in total. The maximum absolute atomic E-state index is 12.6. The molecular formula is C16H10Cl2O3. The van der Waals surface area contributed by atoms with Crippen molar-refractivity contribution in [2.45, 2.75) is 0 Å². The minimum Gasteiger partial charge on any atom is -0.490 e. The van der Waals surface area contributed by atoms with Crippen LogP contribution in [0.1, 0.15) is 0 Å². The van der Waals surface area contributed by atoms with Crippen molar-refractivity contribution >= 4 is 34.2 Å². The maximum atomic E-state index is 12.6. The van der Waals surface area contributed by atoms with Gasteiger partial charge in [-0.15, -0.1) is 0 Å². The molecule has 106 valence electrons. The van der Waals surface area contributed by atoms with E-state index in [9.17, 15) is 4.79 Å². The summed E-state index contributed by atoms with van der Waals surface area (Å²) in [5, 5.41) is 0.952. The van der Waals surface area contributed by atoms with Gasteiger partial charge >= 0.3 is 0 Å². The lowest BCUT2D eigenvalue weighted by atomic mass is 10.1. The van der Waals surface area contributed by atoms with Crippen LogP contribution < -0.4 is 10.2 Å². The van der Waals surface area contributed by atoms with Gasteiger partial charge in [-0.1, -0.05) is 53.5 Å². The van der Waals surface area contributed by atoms with Gasteiger partial charge in [0.25, 0.3) is 0 Å². The molecule has 0 radical (unpaired) electrons. The van der Waals surface area contributed by atoms with Crippen LogP contribution >= 0.6 is 23.2 Å². The summed E-state index contributed by atoms with van der Waals surface area (Å²) in [6, 6.07) is 12.3. The molecule has 0 amide bonds. The van der Waals surface area contributed by atoms with Crippen molar-refractivity contribution in [3.05, 3.63) is 62.7 Å². The van der Waals surface area contributed by atoms with E-state index < -0.39 is 0 Å². The smallest absolute Gasteiger partial charge is 0.235 e. The van der Waals surface area contributed by atoms with Crippen LogP contribution in [0, 0.1) is 0 Å². The van der Waals surface area contributed by atoms with Crippen LogP contribution in [0.2, 0.25) is 10.0 Å². The Bertz CT molecular complexity index is 870. The molecule has 21 heavy (non-hydrogen) atoms. The number of rotatable bonds is 2. The molecule has 0 bridgehead atoms. The van der Waals surface area contributed by atoms with Crippen LogP contribution in [0.3, 0.4) is 0 Å². The largest absolute Gasteiger partial charge is 0.490 e. The highest BCUT2D eigenvalue weighted by molar-refractivity contribution is 6.38. The van der Waals surface area contributed by atoms with E-state index in [0.29, 0.717) is 21.8 Å². The van der Waals surface area contributed by atoms with Crippen molar-refractivity contribution in [3.63, 3.8) is 0 Å². The lowest BCUT2D eigenvalue weighted by Crippen LogP contribution is -2.07. The van der Waals surface area contributed by atoms with Crippen LogP contribution in [-0.4, -0.2) is 7.11 Å². The first-order valence-electron chi connectivity index (χ1n) is 6.17. The lowest BCUT2D eigenvalue weighted by molar-refractivity contribution is 0.399. The van der Waals surface area contributed by atoms with Gasteiger partial charge in [0, 0.05) is 10.6 Å². The molecule has 5 heteroatoms.